The molecule has 10 heteroatoms. The summed E-state index contributed by atoms with van der Waals surface area (Å²) < 4.78 is 43.1. The predicted octanol–water partition coefficient (Wildman–Crippen LogP) is 2.02. The van der Waals surface area contributed by atoms with Crippen LogP contribution in [0.4, 0.5) is 10.1 Å². The minimum atomic E-state index is -3.94. The van der Waals surface area contributed by atoms with Gasteiger partial charge in [0, 0.05) is 37.0 Å². The van der Waals surface area contributed by atoms with Crippen molar-refractivity contribution in [2.75, 3.05) is 23.9 Å². The van der Waals surface area contributed by atoms with Crippen LogP contribution in [0.5, 0.6) is 0 Å². The van der Waals surface area contributed by atoms with Gasteiger partial charge in [-0.3, -0.25) is 13.9 Å². The topological polar surface area (TPSA) is 113 Å². The number of nitrogens with one attached hydrogen (secondary N) is 1. The largest absolute Gasteiger partial charge is 0.369 e. The molecule has 0 spiro atoms. The number of anilines is 1. The Labute approximate surface area is 200 Å². The smallest absolute Gasteiger partial charge is 0.304 e. The van der Waals surface area contributed by atoms with Gasteiger partial charge >= 0.3 is 10.2 Å². The van der Waals surface area contributed by atoms with E-state index in [4.69, 9.17) is 5.73 Å². The fourth-order valence-corrected chi connectivity index (χ4v) is 8.91. The molecule has 1 heterocycles. The molecular formula is C24H33FN4O4S. The van der Waals surface area contributed by atoms with Crippen LogP contribution in [0.15, 0.2) is 24.3 Å². The zero-order valence-electron chi connectivity index (χ0n) is 19.5. The molecule has 2 amide bonds. The number of primary amides is 1. The van der Waals surface area contributed by atoms with Crippen LogP contribution in [0.3, 0.4) is 0 Å². The molecule has 4 saturated carbocycles. The number of hydrogen-bond donors (Lipinski definition) is 2. The Bertz CT molecular complexity index is 1080. The second-order valence-electron chi connectivity index (χ2n) is 10.8. The second kappa shape index (κ2) is 8.48. The molecule has 1 aromatic rings. The third-order valence-electron chi connectivity index (χ3n) is 8.52. The molecule has 8 nitrogen and oxygen atoms in total. The van der Waals surface area contributed by atoms with Crippen molar-refractivity contribution in [3.05, 3.63) is 30.1 Å². The molecule has 1 aliphatic heterocycles. The zero-order valence-corrected chi connectivity index (χ0v) is 20.3. The summed E-state index contributed by atoms with van der Waals surface area (Å²) in [6.07, 6.45) is 4.88. The molecule has 0 radical (unpaired) electrons. The van der Waals surface area contributed by atoms with Crippen molar-refractivity contribution >= 4 is 27.7 Å². The number of benzene rings is 1. The van der Waals surface area contributed by atoms with E-state index in [1.54, 1.807) is 13.0 Å². The minimum Gasteiger partial charge on any atom is -0.369 e. The lowest BCUT2D eigenvalue weighted by molar-refractivity contribution is -0.147. The molecule has 5 aliphatic rings. The first-order valence-corrected chi connectivity index (χ1v) is 13.6. The van der Waals surface area contributed by atoms with Gasteiger partial charge in [-0.2, -0.15) is 12.7 Å². The maximum atomic E-state index is 14.3. The summed E-state index contributed by atoms with van der Waals surface area (Å²) in [6, 6.07) is 5.84. The highest BCUT2D eigenvalue weighted by molar-refractivity contribution is 7.90. The predicted molar refractivity (Wildman–Crippen MR) is 125 cm³/mol. The molecule has 34 heavy (non-hydrogen) atoms. The Morgan fingerprint density at radius 3 is 2.50 bits per heavy atom. The van der Waals surface area contributed by atoms with Crippen LogP contribution in [0.25, 0.3) is 0 Å². The van der Waals surface area contributed by atoms with Crippen molar-refractivity contribution in [2.45, 2.75) is 51.5 Å². The molecule has 3 atom stereocenters. The highest BCUT2D eigenvalue weighted by Crippen LogP contribution is 2.59. The van der Waals surface area contributed by atoms with Gasteiger partial charge in [0.05, 0.1) is 5.69 Å². The molecule has 1 saturated heterocycles. The molecule has 1 aromatic carbocycles. The van der Waals surface area contributed by atoms with Gasteiger partial charge in [0.1, 0.15) is 5.82 Å². The van der Waals surface area contributed by atoms with Crippen LogP contribution in [0, 0.1) is 34.9 Å². The number of halogens is 1. The molecule has 3 N–H and O–H groups in total. The van der Waals surface area contributed by atoms with Gasteiger partial charge in [-0.05, 0) is 68.4 Å². The number of para-hydroxylation sites is 1. The number of carbonyl (C=O) groups is 2. The van der Waals surface area contributed by atoms with E-state index >= 15 is 0 Å². The van der Waals surface area contributed by atoms with E-state index in [0.717, 1.165) is 36.4 Å². The van der Waals surface area contributed by atoms with Crippen LogP contribution in [-0.4, -0.2) is 50.2 Å². The summed E-state index contributed by atoms with van der Waals surface area (Å²) >= 11 is 0. The van der Waals surface area contributed by atoms with Gasteiger partial charge < -0.3 is 11.1 Å². The Hall–Kier alpha value is -2.20. The Morgan fingerprint density at radius 1 is 1.18 bits per heavy atom. The van der Waals surface area contributed by atoms with Crippen LogP contribution >= 0.6 is 0 Å². The van der Waals surface area contributed by atoms with Gasteiger partial charge in [-0.15, -0.1) is 0 Å². The van der Waals surface area contributed by atoms with Crippen LogP contribution in [0.2, 0.25) is 0 Å². The number of nitrogens with two attached hydrogens (primary N) is 1. The summed E-state index contributed by atoms with van der Waals surface area (Å²) in [5, 5.41) is 3.20. The lowest BCUT2D eigenvalue weighted by Gasteiger charge is -2.58. The monoisotopic (exact) mass is 492 g/mol. The van der Waals surface area contributed by atoms with Crippen molar-refractivity contribution in [3.8, 4) is 0 Å². The van der Waals surface area contributed by atoms with Crippen LogP contribution < -0.4 is 15.4 Å². The number of rotatable bonds is 6. The molecule has 6 rings (SSSR count). The summed E-state index contributed by atoms with van der Waals surface area (Å²) in [4.78, 5) is 25.3. The van der Waals surface area contributed by atoms with E-state index in [2.05, 4.69) is 5.32 Å². The normalized spacial score (nSPS) is 35.2. The van der Waals surface area contributed by atoms with Gasteiger partial charge in [0.25, 0.3) is 0 Å². The number of amides is 2. The number of carbonyl (C=O) groups excluding carboxylic acids is 2. The lowest BCUT2D eigenvalue weighted by Crippen LogP contribution is -2.62. The highest BCUT2D eigenvalue weighted by Gasteiger charge is 2.58. The van der Waals surface area contributed by atoms with E-state index in [1.807, 2.05) is 0 Å². The summed E-state index contributed by atoms with van der Waals surface area (Å²) in [7, 11) is -3.94. The Balaban J connectivity index is 1.25. The van der Waals surface area contributed by atoms with Gasteiger partial charge in [-0.25, -0.2) is 4.39 Å². The van der Waals surface area contributed by atoms with E-state index in [-0.39, 0.29) is 48.5 Å². The van der Waals surface area contributed by atoms with E-state index in [9.17, 15) is 22.4 Å². The summed E-state index contributed by atoms with van der Waals surface area (Å²) in [6.45, 7) is 2.26. The van der Waals surface area contributed by atoms with E-state index in [0.29, 0.717) is 18.9 Å². The van der Waals surface area contributed by atoms with Crippen LogP contribution in [0.1, 0.15) is 45.4 Å². The standard InChI is InChI=1S/C24H33FN4O4S/c1-15(14-28-7-4-8-29(34(28,32)33)20-6-3-2-5-19(20)25)22(30)27-21-17-9-16-10-18(21)13-24(11-16,12-17)23(26)31/h2-3,5-6,15-18,21H,4,7-14H2,1H3,(H2,26,31)(H,27,30). The number of hydrogen-bond acceptors (Lipinski definition) is 4. The first kappa shape index (κ1) is 23.5. The fraction of sp³-hybridized carbons (Fsp3) is 0.667. The molecule has 0 aromatic heterocycles. The van der Waals surface area contributed by atoms with Crippen molar-refractivity contribution in [1.29, 1.82) is 0 Å². The molecule has 5 fully saturated rings. The van der Waals surface area contributed by atoms with Crippen LogP contribution in [-0.2, 0) is 19.8 Å². The maximum Gasteiger partial charge on any atom is 0.304 e. The van der Waals surface area contributed by atoms with Gasteiger partial charge in [0.2, 0.25) is 11.8 Å². The quantitative estimate of drug-likeness (QED) is 0.633. The van der Waals surface area contributed by atoms with Crippen molar-refractivity contribution < 1.29 is 22.4 Å². The van der Waals surface area contributed by atoms with Gasteiger partial charge in [-0.1, -0.05) is 19.1 Å². The highest BCUT2D eigenvalue weighted by atomic mass is 32.2. The maximum absolute atomic E-state index is 14.3. The first-order valence-electron chi connectivity index (χ1n) is 12.2. The number of nitrogens with zero attached hydrogens (tertiary/aromatic N) is 2. The van der Waals surface area contributed by atoms with Crippen molar-refractivity contribution in [3.63, 3.8) is 0 Å². The molecule has 4 bridgehead atoms. The fourth-order valence-electron chi connectivity index (χ4n) is 7.10. The summed E-state index contributed by atoms with van der Waals surface area (Å²) in [5.74, 6) is -0.552. The molecule has 186 valence electrons. The van der Waals surface area contributed by atoms with Gasteiger partial charge in [0.15, 0.2) is 0 Å². The molecule has 4 aliphatic carbocycles. The summed E-state index contributed by atoms with van der Waals surface area (Å²) in [5.41, 5.74) is 5.38. The zero-order chi connectivity index (χ0) is 24.3. The first-order chi connectivity index (χ1) is 16.1. The second-order valence-corrected chi connectivity index (χ2v) is 12.6. The van der Waals surface area contributed by atoms with E-state index in [1.165, 1.54) is 22.5 Å². The third kappa shape index (κ3) is 3.88. The minimum absolute atomic E-state index is 0.00634. The Morgan fingerprint density at radius 2 is 1.85 bits per heavy atom. The third-order valence-corrected chi connectivity index (χ3v) is 10.4. The van der Waals surface area contributed by atoms with Crippen molar-refractivity contribution in [1.82, 2.24) is 9.62 Å². The van der Waals surface area contributed by atoms with Crippen molar-refractivity contribution in [2.24, 2.45) is 34.8 Å². The lowest BCUT2D eigenvalue weighted by atomic mass is 9.47. The molecule has 3 unspecified atom stereocenters. The average Bonchev–Trinajstić information content (AvgIpc) is 2.77. The molecular weight excluding hydrogens is 459 g/mol. The Kier molecular flexibility index (Phi) is 5.87. The SMILES string of the molecule is CC(CN1CCCN(c2ccccc2F)S1(=O)=O)C(=O)NC1C2CC3CC1CC(C(N)=O)(C3)C2. The van der Waals surface area contributed by atoms with E-state index < -0.39 is 27.4 Å². The average molecular weight is 493 g/mol.